The lowest BCUT2D eigenvalue weighted by molar-refractivity contribution is 0.112. The number of hydrogen-bond acceptors (Lipinski definition) is 6. The minimum atomic E-state index is 0.240. The smallest absolute Gasteiger partial charge is 0.152 e. The molecule has 0 aliphatic carbocycles. The third-order valence-corrected chi connectivity index (χ3v) is 4.81. The molecule has 3 N–H and O–H groups in total. The summed E-state index contributed by atoms with van der Waals surface area (Å²) in [5, 5.41) is 8.64. The third-order valence-electron chi connectivity index (χ3n) is 2.64. The average molecular weight is 315 g/mol. The Morgan fingerprint density at radius 1 is 1.25 bits per heavy atom. The lowest BCUT2D eigenvalue weighted by Gasteiger charge is -2.12. The van der Waals surface area contributed by atoms with Crippen LogP contribution in [0.3, 0.4) is 0 Å². The number of rotatable bonds is 10. The molecular weight excluding hydrogens is 294 g/mol. The van der Waals surface area contributed by atoms with Gasteiger partial charge >= 0.3 is 0 Å². The Bertz CT molecular complexity index is 427. The lowest BCUT2D eigenvalue weighted by atomic mass is 10.1. The molecule has 0 radical (unpaired) electrons. The zero-order chi connectivity index (χ0) is 14.8. The largest absolute Gasteiger partial charge is 0.490 e. The van der Waals surface area contributed by atoms with Crippen molar-refractivity contribution in [1.82, 2.24) is 0 Å². The first-order chi connectivity index (χ1) is 9.70. The van der Waals surface area contributed by atoms with Crippen molar-refractivity contribution in [1.29, 1.82) is 0 Å². The number of carbonyl (C=O) groups is 1. The number of benzene rings is 1. The minimum absolute atomic E-state index is 0.240. The first-order valence-electron chi connectivity index (χ1n) is 6.44. The Labute approximate surface area is 128 Å². The molecule has 0 amide bonds. The standard InChI is InChI=1S/C14H21NO3S2/c1-11-2-3-12(10-17)13(15)14(11)18-5-7-20-9-8-19-6-4-16/h2-3,10,16H,4-9,15H2,1H3. The highest BCUT2D eigenvalue weighted by Gasteiger charge is 2.09. The van der Waals surface area contributed by atoms with E-state index in [4.69, 9.17) is 15.6 Å². The molecule has 0 heterocycles. The van der Waals surface area contributed by atoms with Crippen molar-refractivity contribution in [2.24, 2.45) is 0 Å². The van der Waals surface area contributed by atoms with Gasteiger partial charge in [-0.3, -0.25) is 4.79 Å². The molecule has 20 heavy (non-hydrogen) atoms. The molecule has 0 spiro atoms. The van der Waals surface area contributed by atoms with Crippen molar-refractivity contribution in [3.63, 3.8) is 0 Å². The van der Waals surface area contributed by atoms with Gasteiger partial charge in [0.15, 0.2) is 6.29 Å². The molecule has 1 aromatic carbocycles. The Balaban J connectivity index is 2.30. The van der Waals surface area contributed by atoms with Gasteiger partial charge < -0.3 is 15.6 Å². The van der Waals surface area contributed by atoms with Crippen molar-refractivity contribution >= 4 is 35.5 Å². The number of aldehydes is 1. The molecule has 1 aromatic rings. The van der Waals surface area contributed by atoms with E-state index in [0.717, 1.165) is 34.9 Å². The fourth-order valence-corrected chi connectivity index (χ4v) is 3.29. The molecule has 112 valence electrons. The van der Waals surface area contributed by atoms with Gasteiger partial charge in [-0.1, -0.05) is 6.07 Å². The zero-order valence-corrected chi connectivity index (χ0v) is 13.3. The van der Waals surface area contributed by atoms with Crippen LogP contribution in [0, 0.1) is 6.92 Å². The molecule has 0 unspecified atom stereocenters. The highest BCUT2D eigenvalue weighted by molar-refractivity contribution is 8.02. The van der Waals surface area contributed by atoms with Gasteiger partial charge in [0.05, 0.1) is 18.9 Å². The molecular formula is C14H21NO3S2. The van der Waals surface area contributed by atoms with E-state index in [1.165, 1.54) is 0 Å². The molecule has 0 bridgehead atoms. The Morgan fingerprint density at radius 2 is 1.95 bits per heavy atom. The van der Waals surface area contributed by atoms with E-state index < -0.39 is 0 Å². The molecule has 1 rings (SSSR count). The van der Waals surface area contributed by atoms with Crippen LogP contribution in [-0.4, -0.2) is 47.6 Å². The third kappa shape index (κ3) is 5.64. The summed E-state index contributed by atoms with van der Waals surface area (Å²) in [5.41, 5.74) is 7.73. The maximum absolute atomic E-state index is 10.8. The predicted octanol–water partition coefficient (Wildman–Crippen LogP) is 2.23. The number of carbonyl (C=O) groups excluding carboxylic acids is 1. The molecule has 0 aliphatic rings. The fraction of sp³-hybridized carbons (Fsp3) is 0.500. The second-order valence-corrected chi connectivity index (χ2v) is 6.58. The van der Waals surface area contributed by atoms with E-state index in [1.54, 1.807) is 29.6 Å². The second-order valence-electron chi connectivity index (χ2n) is 4.13. The van der Waals surface area contributed by atoms with Gasteiger partial charge in [0.1, 0.15) is 5.75 Å². The molecule has 0 fully saturated rings. The van der Waals surface area contributed by atoms with E-state index in [1.807, 2.05) is 13.0 Å². The van der Waals surface area contributed by atoms with Crippen LogP contribution in [0.2, 0.25) is 0 Å². The van der Waals surface area contributed by atoms with Crippen molar-refractivity contribution < 1.29 is 14.6 Å². The number of nitrogens with two attached hydrogens (primary N) is 1. The fourth-order valence-electron chi connectivity index (χ4n) is 1.61. The van der Waals surface area contributed by atoms with Crippen molar-refractivity contribution in [2.45, 2.75) is 6.92 Å². The van der Waals surface area contributed by atoms with Crippen LogP contribution in [0.5, 0.6) is 5.75 Å². The van der Waals surface area contributed by atoms with Gasteiger partial charge in [0, 0.05) is 28.6 Å². The van der Waals surface area contributed by atoms with E-state index in [9.17, 15) is 4.79 Å². The highest BCUT2D eigenvalue weighted by atomic mass is 32.2. The van der Waals surface area contributed by atoms with Crippen LogP contribution in [0.15, 0.2) is 12.1 Å². The first kappa shape index (κ1) is 17.2. The maximum atomic E-state index is 10.8. The van der Waals surface area contributed by atoms with Crippen LogP contribution < -0.4 is 10.5 Å². The Morgan fingerprint density at radius 3 is 2.60 bits per heavy atom. The second kappa shape index (κ2) is 9.96. The number of anilines is 1. The summed E-state index contributed by atoms with van der Waals surface area (Å²) in [6, 6.07) is 3.55. The number of nitrogen functional groups attached to an aromatic ring is 1. The van der Waals surface area contributed by atoms with Crippen molar-refractivity contribution in [2.75, 3.05) is 42.0 Å². The Kier molecular flexibility index (Phi) is 8.57. The average Bonchev–Trinajstić information content (AvgIpc) is 2.45. The van der Waals surface area contributed by atoms with Gasteiger partial charge in [-0.05, 0) is 18.6 Å². The first-order valence-corrected chi connectivity index (χ1v) is 8.75. The van der Waals surface area contributed by atoms with Gasteiger partial charge in [0.25, 0.3) is 0 Å². The molecule has 4 nitrogen and oxygen atoms in total. The van der Waals surface area contributed by atoms with Crippen molar-refractivity contribution in [3.8, 4) is 5.75 Å². The van der Waals surface area contributed by atoms with E-state index in [0.29, 0.717) is 23.6 Å². The van der Waals surface area contributed by atoms with E-state index in [2.05, 4.69) is 0 Å². The van der Waals surface area contributed by atoms with Crippen LogP contribution in [0.1, 0.15) is 15.9 Å². The molecule has 6 heteroatoms. The Hall–Kier alpha value is -0.850. The minimum Gasteiger partial charge on any atom is -0.490 e. The van der Waals surface area contributed by atoms with Crippen LogP contribution in [0.4, 0.5) is 5.69 Å². The molecule has 0 saturated carbocycles. The quantitative estimate of drug-likeness (QED) is 0.392. The SMILES string of the molecule is Cc1ccc(C=O)c(N)c1OCCSCCSCCO. The summed E-state index contributed by atoms with van der Waals surface area (Å²) in [4.78, 5) is 10.8. The summed E-state index contributed by atoms with van der Waals surface area (Å²) < 4.78 is 5.69. The predicted molar refractivity (Wildman–Crippen MR) is 88.2 cm³/mol. The van der Waals surface area contributed by atoms with Gasteiger partial charge in [-0.25, -0.2) is 0 Å². The number of ether oxygens (including phenoxy) is 1. The number of thioether (sulfide) groups is 2. The van der Waals surface area contributed by atoms with Gasteiger partial charge in [-0.15, -0.1) is 0 Å². The van der Waals surface area contributed by atoms with Gasteiger partial charge in [-0.2, -0.15) is 23.5 Å². The monoisotopic (exact) mass is 315 g/mol. The maximum Gasteiger partial charge on any atom is 0.152 e. The zero-order valence-electron chi connectivity index (χ0n) is 11.6. The van der Waals surface area contributed by atoms with E-state index >= 15 is 0 Å². The van der Waals surface area contributed by atoms with Gasteiger partial charge in [0.2, 0.25) is 0 Å². The molecule has 0 saturated heterocycles. The van der Waals surface area contributed by atoms with E-state index in [-0.39, 0.29) is 6.61 Å². The topological polar surface area (TPSA) is 72.6 Å². The number of aryl methyl sites for hydroxylation is 1. The summed E-state index contributed by atoms with van der Waals surface area (Å²) >= 11 is 3.55. The number of aliphatic hydroxyl groups is 1. The normalized spacial score (nSPS) is 10.5. The summed E-state index contributed by atoms with van der Waals surface area (Å²) in [5.74, 6) is 4.36. The summed E-state index contributed by atoms with van der Waals surface area (Å²) in [6.45, 7) is 2.73. The summed E-state index contributed by atoms with van der Waals surface area (Å²) in [6.07, 6.45) is 0.745. The molecule has 0 aromatic heterocycles. The molecule has 0 aliphatic heterocycles. The number of aliphatic hydroxyl groups excluding tert-OH is 1. The van der Waals surface area contributed by atoms with Crippen LogP contribution in [-0.2, 0) is 0 Å². The summed E-state index contributed by atoms with van der Waals surface area (Å²) in [7, 11) is 0. The highest BCUT2D eigenvalue weighted by Crippen LogP contribution is 2.28. The van der Waals surface area contributed by atoms with Crippen LogP contribution in [0.25, 0.3) is 0 Å². The van der Waals surface area contributed by atoms with Crippen LogP contribution >= 0.6 is 23.5 Å². The number of hydrogen-bond donors (Lipinski definition) is 2. The molecule has 0 atom stereocenters. The van der Waals surface area contributed by atoms with Crippen molar-refractivity contribution in [3.05, 3.63) is 23.3 Å². The lowest BCUT2D eigenvalue weighted by Crippen LogP contribution is -2.06.